The Labute approximate surface area is 125 Å². The van der Waals surface area contributed by atoms with Crippen LogP contribution in [-0.4, -0.2) is 24.7 Å². The van der Waals surface area contributed by atoms with Gasteiger partial charge in [0.1, 0.15) is 16.7 Å². The van der Waals surface area contributed by atoms with Crippen LogP contribution in [0.25, 0.3) is 0 Å². The van der Waals surface area contributed by atoms with Crippen LogP contribution in [0.3, 0.4) is 0 Å². The predicted molar refractivity (Wildman–Crippen MR) is 78.4 cm³/mol. The second-order valence-corrected chi connectivity index (χ2v) is 6.64. The summed E-state index contributed by atoms with van der Waals surface area (Å²) in [6.07, 6.45) is 4.32. The summed E-state index contributed by atoms with van der Waals surface area (Å²) in [5.74, 6) is 1.78. The Kier molecular flexibility index (Phi) is 2.81. The van der Waals surface area contributed by atoms with Crippen LogP contribution in [0.5, 0.6) is 0 Å². The highest BCUT2D eigenvalue weighted by Gasteiger charge is 2.31. The van der Waals surface area contributed by atoms with Gasteiger partial charge in [-0.05, 0) is 44.4 Å². The number of nitrogen functional groups attached to an aromatic ring is 1. The minimum atomic E-state index is -0.151. The molecule has 2 heterocycles. The van der Waals surface area contributed by atoms with E-state index in [2.05, 4.69) is 20.2 Å². The minimum Gasteiger partial charge on any atom is -0.383 e. The number of anilines is 1. The normalized spacial score (nSPS) is 18.1. The van der Waals surface area contributed by atoms with Crippen LogP contribution in [0, 0.1) is 6.92 Å². The highest BCUT2D eigenvalue weighted by Crippen LogP contribution is 2.41. The standard InChI is InChI=1S/C13H16N6OS/c1-6-9(14)15-10(7-2-3-7)16-11(6)21-13-18-17-12(20)19(13)8-4-5-8/h7-8H,2-5H2,1H3,(H,17,20)(H2,14,15,16). The van der Waals surface area contributed by atoms with Gasteiger partial charge in [-0.2, -0.15) is 0 Å². The van der Waals surface area contributed by atoms with Crippen molar-refractivity contribution in [2.24, 2.45) is 0 Å². The van der Waals surface area contributed by atoms with E-state index in [9.17, 15) is 4.79 Å². The maximum absolute atomic E-state index is 11.8. The van der Waals surface area contributed by atoms with E-state index in [4.69, 9.17) is 5.73 Å². The van der Waals surface area contributed by atoms with E-state index < -0.39 is 0 Å². The Balaban J connectivity index is 1.72. The van der Waals surface area contributed by atoms with Crippen LogP contribution < -0.4 is 11.4 Å². The average molecular weight is 304 g/mol. The van der Waals surface area contributed by atoms with Gasteiger partial charge in [-0.1, -0.05) is 0 Å². The van der Waals surface area contributed by atoms with E-state index in [0.29, 0.717) is 16.9 Å². The summed E-state index contributed by atoms with van der Waals surface area (Å²) in [4.78, 5) is 20.8. The van der Waals surface area contributed by atoms with Gasteiger partial charge in [-0.3, -0.25) is 4.57 Å². The summed E-state index contributed by atoms with van der Waals surface area (Å²) < 4.78 is 1.72. The molecule has 7 nitrogen and oxygen atoms in total. The average Bonchev–Trinajstić information content (AvgIpc) is 3.34. The number of rotatable bonds is 4. The number of nitrogens with two attached hydrogens (primary N) is 1. The monoisotopic (exact) mass is 304 g/mol. The van der Waals surface area contributed by atoms with Gasteiger partial charge < -0.3 is 5.73 Å². The fourth-order valence-corrected chi connectivity index (χ4v) is 3.25. The summed E-state index contributed by atoms with van der Waals surface area (Å²) in [6, 6.07) is 0.279. The Morgan fingerprint density at radius 1 is 1.29 bits per heavy atom. The van der Waals surface area contributed by atoms with Gasteiger partial charge in [0.25, 0.3) is 0 Å². The van der Waals surface area contributed by atoms with E-state index in [1.54, 1.807) is 4.57 Å². The van der Waals surface area contributed by atoms with Gasteiger partial charge in [0.2, 0.25) is 0 Å². The highest BCUT2D eigenvalue weighted by molar-refractivity contribution is 7.99. The number of nitrogens with one attached hydrogen (secondary N) is 1. The van der Waals surface area contributed by atoms with E-state index in [1.807, 2.05) is 6.92 Å². The molecule has 2 aliphatic rings. The Hall–Kier alpha value is -1.83. The topological polar surface area (TPSA) is 102 Å². The lowest BCUT2D eigenvalue weighted by Gasteiger charge is -2.09. The number of H-pyrrole nitrogens is 1. The van der Waals surface area contributed by atoms with E-state index in [-0.39, 0.29) is 11.7 Å². The van der Waals surface area contributed by atoms with E-state index >= 15 is 0 Å². The molecule has 0 aromatic carbocycles. The molecule has 0 atom stereocenters. The van der Waals surface area contributed by atoms with Crippen molar-refractivity contribution in [3.05, 3.63) is 21.9 Å². The van der Waals surface area contributed by atoms with Crippen molar-refractivity contribution in [2.45, 2.75) is 54.7 Å². The molecule has 110 valence electrons. The van der Waals surface area contributed by atoms with Gasteiger partial charge in [0, 0.05) is 17.5 Å². The molecule has 0 spiro atoms. The Morgan fingerprint density at radius 2 is 2.05 bits per heavy atom. The Morgan fingerprint density at radius 3 is 2.71 bits per heavy atom. The minimum absolute atomic E-state index is 0.151. The number of hydrogen-bond acceptors (Lipinski definition) is 6. The smallest absolute Gasteiger partial charge is 0.344 e. The molecule has 21 heavy (non-hydrogen) atoms. The number of nitrogens with zero attached hydrogens (tertiary/aromatic N) is 4. The molecule has 0 amide bonds. The SMILES string of the molecule is Cc1c(N)nc(C2CC2)nc1Sc1n[nH]c(=O)n1C1CC1. The third kappa shape index (κ3) is 2.33. The van der Waals surface area contributed by atoms with E-state index in [0.717, 1.165) is 42.1 Å². The lowest BCUT2D eigenvalue weighted by Crippen LogP contribution is -2.16. The van der Waals surface area contributed by atoms with Crippen molar-refractivity contribution in [1.82, 2.24) is 24.7 Å². The molecule has 4 rings (SSSR count). The Bertz CT molecular complexity index is 759. The zero-order chi connectivity index (χ0) is 14.6. The van der Waals surface area contributed by atoms with Gasteiger partial charge in [0.05, 0.1) is 0 Å². The third-order valence-corrected chi connectivity index (χ3v) is 4.93. The third-order valence-electron chi connectivity index (χ3n) is 3.87. The number of hydrogen-bond donors (Lipinski definition) is 2. The van der Waals surface area contributed by atoms with E-state index in [1.165, 1.54) is 11.8 Å². The van der Waals surface area contributed by atoms with Crippen LogP contribution in [0.4, 0.5) is 5.82 Å². The largest absolute Gasteiger partial charge is 0.383 e. The summed E-state index contributed by atoms with van der Waals surface area (Å²) in [5.41, 5.74) is 6.69. The second kappa shape index (κ2) is 4.59. The second-order valence-electron chi connectivity index (χ2n) is 5.69. The van der Waals surface area contributed by atoms with Gasteiger partial charge in [-0.25, -0.2) is 19.9 Å². The zero-order valence-electron chi connectivity index (χ0n) is 11.7. The molecule has 2 saturated carbocycles. The zero-order valence-corrected chi connectivity index (χ0v) is 12.5. The summed E-state index contributed by atoms with van der Waals surface area (Å²) in [5, 5.41) is 8.10. The molecule has 3 N–H and O–H groups in total. The first-order valence-electron chi connectivity index (χ1n) is 7.12. The molecule has 0 radical (unpaired) electrons. The van der Waals surface area contributed by atoms with Crippen molar-refractivity contribution < 1.29 is 0 Å². The lowest BCUT2D eigenvalue weighted by molar-refractivity contribution is 0.642. The molecule has 0 unspecified atom stereocenters. The van der Waals surface area contributed by atoms with Gasteiger partial charge in [-0.15, -0.1) is 5.10 Å². The number of aromatic amines is 1. The molecule has 2 aromatic rings. The van der Waals surface area contributed by atoms with Crippen LogP contribution in [0.2, 0.25) is 0 Å². The quantitative estimate of drug-likeness (QED) is 0.832. The number of aromatic nitrogens is 5. The van der Waals surface area contributed by atoms with Crippen LogP contribution in [0.1, 0.15) is 49.0 Å². The highest BCUT2D eigenvalue weighted by atomic mass is 32.2. The molecule has 2 fully saturated rings. The molecular formula is C13H16N6OS. The fourth-order valence-electron chi connectivity index (χ4n) is 2.26. The first kappa shape index (κ1) is 12.9. The maximum atomic E-state index is 11.8. The van der Waals surface area contributed by atoms with Crippen LogP contribution in [0.15, 0.2) is 15.0 Å². The van der Waals surface area contributed by atoms with Crippen molar-refractivity contribution in [3.63, 3.8) is 0 Å². The maximum Gasteiger partial charge on any atom is 0.344 e. The van der Waals surface area contributed by atoms with Crippen molar-refractivity contribution >= 4 is 17.6 Å². The predicted octanol–water partition coefficient (Wildman–Crippen LogP) is 1.62. The van der Waals surface area contributed by atoms with Crippen molar-refractivity contribution in [2.75, 3.05) is 5.73 Å². The molecule has 8 heteroatoms. The first-order valence-corrected chi connectivity index (χ1v) is 7.94. The van der Waals surface area contributed by atoms with Gasteiger partial charge >= 0.3 is 5.69 Å². The molecule has 2 aliphatic carbocycles. The van der Waals surface area contributed by atoms with Crippen LogP contribution in [-0.2, 0) is 0 Å². The van der Waals surface area contributed by atoms with Gasteiger partial charge in [0.15, 0.2) is 5.16 Å². The molecule has 0 saturated heterocycles. The summed E-state index contributed by atoms with van der Waals surface area (Å²) in [7, 11) is 0. The fraction of sp³-hybridized carbons (Fsp3) is 0.538. The molecule has 2 aromatic heterocycles. The molecule has 0 bridgehead atoms. The van der Waals surface area contributed by atoms with Crippen molar-refractivity contribution in [3.8, 4) is 0 Å². The molecule has 0 aliphatic heterocycles. The summed E-state index contributed by atoms with van der Waals surface area (Å²) in [6.45, 7) is 1.90. The summed E-state index contributed by atoms with van der Waals surface area (Å²) >= 11 is 1.39. The molecular weight excluding hydrogens is 288 g/mol. The lowest BCUT2D eigenvalue weighted by atomic mass is 10.3. The van der Waals surface area contributed by atoms with Crippen molar-refractivity contribution in [1.29, 1.82) is 0 Å². The first-order chi connectivity index (χ1) is 10.1. The van der Waals surface area contributed by atoms with Crippen LogP contribution >= 0.6 is 11.8 Å².